The highest BCUT2D eigenvalue weighted by molar-refractivity contribution is 7.13. The number of hydrogen-bond acceptors (Lipinski definition) is 5. The molecule has 0 aliphatic carbocycles. The topological polar surface area (TPSA) is 71.5 Å². The molecule has 2 N–H and O–H groups in total. The van der Waals surface area contributed by atoms with E-state index in [-0.39, 0.29) is 12.5 Å². The number of aliphatic hydroxyl groups is 1. The standard InChI is InChI=1S/C21H22N2O3S/c1-21(25,12-15-8-10-17(26-2)11-9-15)14-22-19(24)18-13-27-20(23-18)16-6-4-3-5-7-16/h3-11,13,25H,12,14H2,1-2H3,(H,22,24)/t21-/m1/s1. The maximum atomic E-state index is 12.4. The minimum Gasteiger partial charge on any atom is -0.497 e. The Morgan fingerprint density at radius 2 is 1.89 bits per heavy atom. The lowest BCUT2D eigenvalue weighted by atomic mass is 9.96. The second-order valence-corrected chi connectivity index (χ2v) is 7.47. The third-order valence-corrected chi connectivity index (χ3v) is 5.02. The summed E-state index contributed by atoms with van der Waals surface area (Å²) in [6.07, 6.45) is 0.420. The van der Waals surface area contributed by atoms with Gasteiger partial charge >= 0.3 is 0 Å². The second-order valence-electron chi connectivity index (χ2n) is 6.61. The average molecular weight is 382 g/mol. The Morgan fingerprint density at radius 3 is 2.56 bits per heavy atom. The van der Waals surface area contributed by atoms with Gasteiger partial charge in [0.2, 0.25) is 0 Å². The maximum Gasteiger partial charge on any atom is 0.270 e. The van der Waals surface area contributed by atoms with Gasteiger partial charge in [-0.25, -0.2) is 4.98 Å². The van der Waals surface area contributed by atoms with Gasteiger partial charge in [0.1, 0.15) is 16.5 Å². The molecule has 2 aromatic carbocycles. The normalized spacial score (nSPS) is 13.0. The van der Waals surface area contributed by atoms with Crippen LogP contribution in [-0.4, -0.2) is 35.3 Å². The zero-order valence-electron chi connectivity index (χ0n) is 15.3. The molecular weight excluding hydrogens is 360 g/mol. The van der Waals surface area contributed by atoms with Crippen molar-refractivity contribution in [3.05, 3.63) is 71.2 Å². The molecule has 0 radical (unpaired) electrons. The number of thiazole rings is 1. The van der Waals surface area contributed by atoms with E-state index in [1.807, 2.05) is 54.6 Å². The minimum atomic E-state index is -1.07. The van der Waals surface area contributed by atoms with Crippen LogP contribution in [0.3, 0.4) is 0 Å². The molecule has 5 nitrogen and oxygen atoms in total. The van der Waals surface area contributed by atoms with Crippen LogP contribution in [0.1, 0.15) is 23.0 Å². The molecule has 0 spiro atoms. The van der Waals surface area contributed by atoms with E-state index in [1.54, 1.807) is 19.4 Å². The van der Waals surface area contributed by atoms with Gasteiger partial charge in [-0.05, 0) is 24.6 Å². The smallest absolute Gasteiger partial charge is 0.270 e. The van der Waals surface area contributed by atoms with E-state index in [1.165, 1.54) is 11.3 Å². The average Bonchev–Trinajstić information content (AvgIpc) is 3.17. The van der Waals surface area contributed by atoms with E-state index in [4.69, 9.17) is 4.74 Å². The largest absolute Gasteiger partial charge is 0.497 e. The van der Waals surface area contributed by atoms with E-state index in [9.17, 15) is 9.90 Å². The van der Waals surface area contributed by atoms with Crippen molar-refractivity contribution in [2.24, 2.45) is 0 Å². The van der Waals surface area contributed by atoms with Gasteiger partial charge in [0, 0.05) is 23.9 Å². The minimum absolute atomic E-state index is 0.135. The molecule has 0 aliphatic rings. The predicted molar refractivity (Wildman–Crippen MR) is 107 cm³/mol. The maximum absolute atomic E-state index is 12.4. The zero-order chi connectivity index (χ0) is 19.3. The first-order valence-corrected chi connectivity index (χ1v) is 9.49. The molecule has 1 aromatic heterocycles. The Bertz CT molecular complexity index is 889. The summed E-state index contributed by atoms with van der Waals surface area (Å²) in [6.45, 7) is 1.84. The van der Waals surface area contributed by atoms with Crippen LogP contribution < -0.4 is 10.1 Å². The number of amides is 1. The van der Waals surface area contributed by atoms with Crippen molar-refractivity contribution in [2.75, 3.05) is 13.7 Å². The lowest BCUT2D eigenvalue weighted by molar-refractivity contribution is 0.0551. The molecule has 6 heteroatoms. The molecule has 140 valence electrons. The predicted octanol–water partition coefficient (Wildman–Crippen LogP) is 3.54. The molecule has 1 heterocycles. The highest BCUT2D eigenvalue weighted by Crippen LogP contribution is 2.23. The number of nitrogens with zero attached hydrogens (tertiary/aromatic N) is 1. The van der Waals surface area contributed by atoms with Gasteiger partial charge in [-0.15, -0.1) is 11.3 Å². The monoisotopic (exact) mass is 382 g/mol. The van der Waals surface area contributed by atoms with Crippen molar-refractivity contribution in [1.29, 1.82) is 0 Å². The van der Waals surface area contributed by atoms with Crippen molar-refractivity contribution in [1.82, 2.24) is 10.3 Å². The Balaban J connectivity index is 1.58. The number of rotatable bonds is 7. The van der Waals surface area contributed by atoms with Crippen LogP contribution in [0.15, 0.2) is 60.0 Å². The van der Waals surface area contributed by atoms with E-state index >= 15 is 0 Å². The van der Waals surface area contributed by atoms with E-state index < -0.39 is 5.60 Å². The van der Waals surface area contributed by atoms with Crippen LogP contribution in [0.4, 0.5) is 0 Å². The summed E-state index contributed by atoms with van der Waals surface area (Å²) in [6, 6.07) is 17.2. The van der Waals surface area contributed by atoms with Crippen molar-refractivity contribution in [2.45, 2.75) is 18.9 Å². The second kappa shape index (κ2) is 8.33. The summed E-state index contributed by atoms with van der Waals surface area (Å²) in [5.74, 6) is 0.480. The van der Waals surface area contributed by atoms with Gasteiger partial charge in [0.05, 0.1) is 12.7 Å². The van der Waals surface area contributed by atoms with Crippen LogP contribution in [0.2, 0.25) is 0 Å². The first-order chi connectivity index (χ1) is 13.0. The molecule has 0 bridgehead atoms. The fourth-order valence-electron chi connectivity index (χ4n) is 2.70. The number of hydrogen-bond donors (Lipinski definition) is 2. The summed E-state index contributed by atoms with van der Waals surface area (Å²) in [7, 11) is 1.61. The molecule has 3 rings (SSSR count). The van der Waals surface area contributed by atoms with Gasteiger partial charge in [0.25, 0.3) is 5.91 Å². The number of carbonyl (C=O) groups excluding carboxylic acids is 1. The lowest BCUT2D eigenvalue weighted by Gasteiger charge is -2.23. The van der Waals surface area contributed by atoms with Crippen LogP contribution in [0, 0.1) is 0 Å². The van der Waals surface area contributed by atoms with Crippen LogP contribution in [0.25, 0.3) is 10.6 Å². The van der Waals surface area contributed by atoms with E-state index in [0.717, 1.165) is 21.9 Å². The highest BCUT2D eigenvalue weighted by atomic mass is 32.1. The quantitative estimate of drug-likeness (QED) is 0.656. The number of methoxy groups -OCH3 is 1. The third-order valence-electron chi connectivity index (χ3n) is 4.13. The van der Waals surface area contributed by atoms with Gasteiger partial charge in [-0.3, -0.25) is 4.79 Å². The van der Waals surface area contributed by atoms with Crippen molar-refractivity contribution < 1.29 is 14.6 Å². The third kappa shape index (κ3) is 5.15. The SMILES string of the molecule is COc1ccc(C[C@@](C)(O)CNC(=O)c2csc(-c3ccccc3)n2)cc1. The number of aromatic nitrogens is 1. The molecule has 0 saturated carbocycles. The molecule has 1 atom stereocenters. The van der Waals surface area contributed by atoms with Crippen molar-refractivity contribution in [3.63, 3.8) is 0 Å². The Labute approximate surface area is 162 Å². The zero-order valence-corrected chi connectivity index (χ0v) is 16.1. The number of benzene rings is 2. The van der Waals surface area contributed by atoms with Gasteiger partial charge in [-0.2, -0.15) is 0 Å². The fourth-order valence-corrected chi connectivity index (χ4v) is 3.50. The molecule has 0 unspecified atom stereocenters. The summed E-state index contributed by atoms with van der Waals surface area (Å²) < 4.78 is 5.14. The van der Waals surface area contributed by atoms with Crippen molar-refractivity contribution >= 4 is 17.2 Å². The number of carbonyl (C=O) groups is 1. The summed E-state index contributed by atoms with van der Waals surface area (Å²) >= 11 is 1.42. The first-order valence-electron chi connectivity index (χ1n) is 8.61. The number of ether oxygens (including phenoxy) is 1. The summed E-state index contributed by atoms with van der Waals surface area (Å²) in [5, 5.41) is 15.9. The van der Waals surface area contributed by atoms with Crippen LogP contribution in [0.5, 0.6) is 5.75 Å². The molecule has 27 heavy (non-hydrogen) atoms. The number of nitrogens with one attached hydrogen (secondary N) is 1. The van der Waals surface area contributed by atoms with Crippen molar-refractivity contribution in [3.8, 4) is 16.3 Å². The van der Waals surface area contributed by atoms with E-state index in [2.05, 4.69) is 10.3 Å². The highest BCUT2D eigenvalue weighted by Gasteiger charge is 2.23. The Kier molecular flexibility index (Phi) is 5.88. The summed E-state index contributed by atoms with van der Waals surface area (Å²) in [4.78, 5) is 16.8. The van der Waals surface area contributed by atoms with Crippen LogP contribution >= 0.6 is 11.3 Å². The van der Waals surface area contributed by atoms with Gasteiger partial charge < -0.3 is 15.2 Å². The molecule has 3 aromatic rings. The summed E-state index contributed by atoms with van der Waals surface area (Å²) in [5.41, 5.74) is 1.24. The van der Waals surface area contributed by atoms with Gasteiger partial charge in [-0.1, -0.05) is 42.5 Å². The van der Waals surface area contributed by atoms with E-state index in [0.29, 0.717) is 12.1 Å². The fraction of sp³-hybridized carbons (Fsp3) is 0.238. The molecule has 0 saturated heterocycles. The van der Waals surface area contributed by atoms with Gasteiger partial charge in [0.15, 0.2) is 0 Å². The first kappa shape index (κ1) is 19.1. The molecule has 0 aliphatic heterocycles. The molecular formula is C21H22N2O3S. The lowest BCUT2D eigenvalue weighted by Crippen LogP contribution is -2.42. The molecule has 0 fully saturated rings. The van der Waals surface area contributed by atoms with Crippen LogP contribution in [-0.2, 0) is 6.42 Å². The molecule has 1 amide bonds. The Morgan fingerprint density at radius 1 is 1.19 bits per heavy atom. The Hall–Kier alpha value is -2.70.